The quantitative estimate of drug-likeness (QED) is 0.425. The maximum Gasteiger partial charge on any atom is 0.264 e. The fourth-order valence-corrected chi connectivity index (χ4v) is 6.58. The summed E-state index contributed by atoms with van der Waals surface area (Å²) in [5, 5.41) is 1.12. The second-order valence-electron chi connectivity index (χ2n) is 9.79. The largest absolute Gasteiger partial charge is 0.335 e. The van der Waals surface area contributed by atoms with Crippen molar-refractivity contribution in [1.82, 2.24) is 14.7 Å². The predicted molar refractivity (Wildman–Crippen MR) is 139 cm³/mol. The number of amides is 2. The lowest BCUT2D eigenvalue weighted by molar-refractivity contribution is -0.0363. The second-order valence-corrected chi connectivity index (χ2v) is 10.9. The molecule has 0 saturated carbocycles. The molecule has 0 bridgehead atoms. The number of thiophene rings is 1. The zero-order chi connectivity index (χ0) is 23.5. The molecule has 0 radical (unpaired) electrons. The van der Waals surface area contributed by atoms with Crippen LogP contribution in [0.25, 0.3) is 21.2 Å². The molecule has 3 aliphatic rings. The summed E-state index contributed by atoms with van der Waals surface area (Å²) in [6.45, 7) is 4.06. The minimum atomic E-state index is 0.131. The Balaban J connectivity index is 0.966. The Kier molecular flexibility index (Phi) is 4.79. The lowest BCUT2D eigenvalue weighted by Crippen LogP contribution is -2.70. The zero-order valence-electron chi connectivity index (χ0n) is 19.3. The van der Waals surface area contributed by atoms with Crippen LogP contribution < -0.4 is 0 Å². The SMILES string of the molecule is O=C(c1cc2ccc(-c3ccccc3)cc2s1)N1CC(N2CC(N3Cc4ccccc4C3=O)C2)C1. The Labute approximate surface area is 208 Å². The summed E-state index contributed by atoms with van der Waals surface area (Å²) in [6, 6.07) is 27.4. The highest BCUT2D eigenvalue weighted by molar-refractivity contribution is 7.20. The van der Waals surface area contributed by atoms with Crippen molar-refractivity contribution in [1.29, 1.82) is 0 Å². The number of rotatable bonds is 4. The van der Waals surface area contributed by atoms with Crippen LogP contribution in [0.5, 0.6) is 0 Å². The number of hydrogen-bond donors (Lipinski definition) is 0. The molecule has 2 amide bonds. The summed E-state index contributed by atoms with van der Waals surface area (Å²) < 4.78 is 1.15. The molecule has 7 rings (SSSR count). The van der Waals surface area contributed by atoms with Crippen molar-refractivity contribution in [2.24, 2.45) is 0 Å². The molecule has 6 heteroatoms. The standard InChI is InChI=1S/C29H25N3O2S/c33-28-25-9-5-4-8-22(25)14-32(28)24-17-30(18-24)23-15-31(16-23)29(34)27-13-21-11-10-20(12-26(21)35-27)19-6-2-1-3-7-19/h1-13,23-24H,14-18H2. The highest BCUT2D eigenvalue weighted by atomic mass is 32.1. The van der Waals surface area contributed by atoms with Crippen molar-refractivity contribution in [3.05, 3.63) is 94.9 Å². The van der Waals surface area contributed by atoms with E-state index < -0.39 is 0 Å². The van der Waals surface area contributed by atoms with E-state index in [0.717, 1.165) is 58.8 Å². The van der Waals surface area contributed by atoms with Gasteiger partial charge < -0.3 is 9.80 Å². The summed E-state index contributed by atoms with van der Waals surface area (Å²) in [4.78, 5) is 33.1. The van der Waals surface area contributed by atoms with E-state index in [2.05, 4.69) is 41.3 Å². The summed E-state index contributed by atoms with van der Waals surface area (Å²) >= 11 is 1.58. The van der Waals surface area contributed by atoms with Gasteiger partial charge in [0.15, 0.2) is 0 Å². The van der Waals surface area contributed by atoms with Crippen LogP contribution in [0.3, 0.4) is 0 Å². The molecule has 4 aromatic rings. The van der Waals surface area contributed by atoms with Gasteiger partial charge in [-0.2, -0.15) is 0 Å². The molecule has 1 aromatic heterocycles. The number of carbonyl (C=O) groups is 2. The van der Waals surface area contributed by atoms with Crippen molar-refractivity contribution < 1.29 is 9.59 Å². The maximum atomic E-state index is 13.1. The number of benzene rings is 3. The van der Waals surface area contributed by atoms with E-state index in [9.17, 15) is 9.59 Å². The number of carbonyl (C=O) groups excluding carboxylic acids is 2. The number of nitrogens with zero attached hydrogens (tertiary/aromatic N) is 3. The highest BCUT2D eigenvalue weighted by Gasteiger charge is 2.45. The third-order valence-corrected chi connectivity index (χ3v) is 8.77. The number of fused-ring (bicyclic) bond motifs is 2. The Morgan fingerprint density at radius 3 is 2.37 bits per heavy atom. The summed E-state index contributed by atoms with van der Waals surface area (Å²) in [5.41, 5.74) is 4.35. The lowest BCUT2D eigenvalue weighted by atomic mass is 9.98. The normalized spacial score (nSPS) is 18.6. The van der Waals surface area contributed by atoms with Gasteiger partial charge in [0, 0.05) is 49.0 Å². The van der Waals surface area contributed by atoms with E-state index in [1.165, 1.54) is 11.1 Å². The van der Waals surface area contributed by atoms with Crippen molar-refractivity contribution >= 4 is 33.2 Å². The van der Waals surface area contributed by atoms with Crippen molar-refractivity contribution in [3.63, 3.8) is 0 Å². The average Bonchev–Trinajstić information content (AvgIpc) is 3.41. The molecule has 3 aliphatic heterocycles. The van der Waals surface area contributed by atoms with E-state index >= 15 is 0 Å². The molecule has 0 unspecified atom stereocenters. The van der Waals surface area contributed by atoms with E-state index in [-0.39, 0.29) is 17.9 Å². The van der Waals surface area contributed by atoms with Gasteiger partial charge in [-0.15, -0.1) is 11.3 Å². The Morgan fingerprint density at radius 1 is 0.800 bits per heavy atom. The van der Waals surface area contributed by atoms with Crippen LogP contribution in [0, 0.1) is 0 Å². The topological polar surface area (TPSA) is 43.9 Å². The first-order chi connectivity index (χ1) is 17.1. The van der Waals surface area contributed by atoms with Crippen LogP contribution in [0.4, 0.5) is 0 Å². The van der Waals surface area contributed by atoms with Gasteiger partial charge >= 0.3 is 0 Å². The van der Waals surface area contributed by atoms with Crippen LogP contribution >= 0.6 is 11.3 Å². The van der Waals surface area contributed by atoms with Gasteiger partial charge in [-0.1, -0.05) is 60.7 Å². The van der Waals surface area contributed by atoms with E-state index in [0.29, 0.717) is 6.04 Å². The van der Waals surface area contributed by atoms with Crippen LogP contribution in [-0.4, -0.2) is 64.8 Å². The average molecular weight is 480 g/mol. The highest BCUT2D eigenvalue weighted by Crippen LogP contribution is 2.34. The summed E-state index contributed by atoms with van der Waals surface area (Å²) in [6.07, 6.45) is 0. The van der Waals surface area contributed by atoms with Gasteiger partial charge in [-0.3, -0.25) is 14.5 Å². The molecule has 0 atom stereocenters. The first-order valence-corrected chi connectivity index (χ1v) is 13.0. The third-order valence-electron chi connectivity index (χ3n) is 7.68. The van der Waals surface area contributed by atoms with Crippen molar-refractivity contribution in [2.45, 2.75) is 18.6 Å². The van der Waals surface area contributed by atoms with E-state index in [1.54, 1.807) is 11.3 Å². The van der Waals surface area contributed by atoms with Crippen LogP contribution in [0.15, 0.2) is 78.9 Å². The number of hydrogen-bond acceptors (Lipinski definition) is 4. The Hall–Kier alpha value is -3.48. The molecular formula is C29H25N3O2S. The van der Waals surface area contributed by atoms with Gasteiger partial charge in [0.25, 0.3) is 11.8 Å². The summed E-state index contributed by atoms with van der Waals surface area (Å²) in [7, 11) is 0. The third kappa shape index (κ3) is 3.48. The molecule has 3 aromatic carbocycles. The zero-order valence-corrected chi connectivity index (χ0v) is 20.1. The van der Waals surface area contributed by atoms with Gasteiger partial charge in [0.1, 0.15) is 0 Å². The first kappa shape index (κ1) is 20.9. The van der Waals surface area contributed by atoms with Crippen molar-refractivity contribution in [3.8, 4) is 11.1 Å². The van der Waals surface area contributed by atoms with Crippen LogP contribution in [0.1, 0.15) is 25.6 Å². The molecule has 0 N–H and O–H groups in total. The molecule has 5 nitrogen and oxygen atoms in total. The van der Waals surface area contributed by atoms with Crippen LogP contribution in [-0.2, 0) is 6.54 Å². The van der Waals surface area contributed by atoms with Gasteiger partial charge in [-0.25, -0.2) is 0 Å². The molecular weight excluding hydrogens is 454 g/mol. The second kappa shape index (κ2) is 8.04. The minimum Gasteiger partial charge on any atom is -0.335 e. The van der Waals surface area contributed by atoms with Gasteiger partial charge in [-0.05, 0) is 40.3 Å². The fourth-order valence-electron chi connectivity index (χ4n) is 5.51. The smallest absolute Gasteiger partial charge is 0.264 e. The predicted octanol–water partition coefficient (Wildman–Crippen LogP) is 4.73. The maximum absolute atomic E-state index is 13.1. The Bertz CT molecular complexity index is 1450. The molecule has 0 spiro atoms. The van der Waals surface area contributed by atoms with Gasteiger partial charge in [0.05, 0.1) is 10.9 Å². The van der Waals surface area contributed by atoms with Crippen LogP contribution in [0.2, 0.25) is 0 Å². The summed E-state index contributed by atoms with van der Waals surface area (Å²) in [5.74, 6) is 0.293. The lowest BCUT2D eigenvalue weighted by Gasteiger charge is -2.53. The van der Waals surface area contributed by atoms with E-state index in [1.807, 2.05) is 52.3 Å². The molecule has 174 valence electrons. The molecule has 35 heavy (non-hydrogen) atoms. The molecule has 4 heterocycles. The molecule has 2 fully saturated rings. The first-order valence-electron chi connectivity index (χ1n) is 12.2. The number of likely N-dealkylation sites (tertiary alicyclic amines) is 2. The molecule has 0 aliphatic carbocycles. The van der Waals surface area contributed by atoms with Crippen molar-refractivity contribution in [2.75, 3.05) is 26.2 Å². The Morgan fingerprint density at radius 2 is 1.57 bits per heavy atom. The minimum absolute atomic E-state index is 0.131. The van der Waals surface area contributed by atoms with Gasteiger partial charge in [0.2, 0.25) is 0 Å². The monoisotopic (exact) mass is 479 g/mol. The fraction of sp³-hybridized carbons (Fsp3) is 0.241. The molecule has 2 saturated heterocycles. The van der Waals surface area contributed by atoms with E-state index in [4.69, 9.17) is 0 Å².